The van der Waals surface area contributed by atoms with E-state index >= 15 is 0 Å². The Hall–Kier alpha value is -2.13. The first kappa shape index (κ1) is 17.7. The van der Waals surface area contributed by atoms with Gasteiger partial charge < -0.3 is 5.32 Å². The molecular formula is C22H28N2O. The lowest BCUT2D eigenvalue weighted by Crippen LogP contribution is -2.41. The third-order valence-corrected chi connectivity index (χ3v) is 5.20. The first-order chi connectivity index (χ1) is 12.0. The Labute approximate surface area is 151 Å². The average Bonchev–Trinajstić information content (AvgIpc) is 2.61. The van der Waals surface area contributed by atoms with E-state index in [9.17, 15) is 4.79 Å². The molecule has 25 heavy (non-hydrogen) atoms. The van der Waals surface area contributed by atoms with E-state index in [2.05, 4.69) is 48.3 Å². The monoisotopic (exact) mass is 336 g/mol. The number of likely N-dealkylation sites (tertiary alicyclic amines) is 1. The van der Waals surface area contributed by atoms with E-state index in [1.165, 1.54) is 0 Å². The fourth-order valence-corrected chi connectivity index (χ4v) is 3.52. The van der Waals surface area contributed by atoms with Gasteiger partial charge in [-0.3, -0.25) is 9.69 Å². The summed E-state index contributed by atoms with van der Waals surface area (Å²) in [5.41, 5.74) is 4.23. The van der Waals surface area contributed by atoms with Crippen LogP contribution in [0.15, 0.2) is 48.5 Å². The van der Waals surface area contributed by atoms with Gasteiger partial charge in [0.25, 0.3) is 0 Å². The molecule has 3 rings (SSSR count). The quantitative estimate of drug-likeness (QED) is 0.876. The molecule has 1 atom stereocenters. The number of aryl methyl sites for hydroxylation is 2. The van der Waals surface area contributed by atoms with Crippen molar-refractivity contribution in [2.75, 3.05) is 18.4 Å². The van der Waals surface area contributed by atoms with Crippen molar-refractivity contribution >= 4 is 11.6 Å². The lowest BCUT2D eigenvalue weighted by atomic mass is 9.95. The smallest absolute Gasteiger partial charge is 0.246 e. The number of nitrogens with one attached hydrogen (secondary N) is 1. The number of hydrogen-bond donors (Lipinski definition) is 1. The van der Waals surface area contributed by atoms with Crippen LogP contribution in [0.25, 0.3) is 0 Å². The highest BCUT2D eigenvalue weighted by Crippen LogP contribution is 2.28. The first-order valence-electron chi connectivity index (χ1n) is 9.21. The Bertz CT molecular complexity index is 718. The molecule has 1 aliphatic heterocycles. The molecule has 1 saturated heterocycles. The molecule has 1 amide bonds. The van der Waals surface area contributed by atoms with E-state index in [1.54, 1.807) is 0 Å². The van der Waals surface area contributed by atoms with Crippen molar-refractivity contribution in [2.24, 2.45) is 5.92 Å². The molecule has 1 aliphatic rings. The second-order valence-corrected chi connectivity index (χ2v) is 7.34. The molecule has 1 N–H and O–H groups in total. The Morgan fingerprint density at radius 1 is 1.08 bits per heavy atom. The fourth-order valence-electron chi connectivity index (χ4n) is 3.52. The van der Waals surface area contributed by atoms with Crippen molar-refractivity contribution in [1.82, 2.24) is 4.90 Å². The minimum atomic E-state index is -0.228. The van der Waals surface area contributed by atoms with Crippen LogP contribution in [-0.4, -0.2) is 23.9 Å². The van der Waals surface area contributed by atoms with Gasteiger partial charge in [-0.1, -0.05) is 49.4 Å². The number of piperidine rings is 1. The second kappa shape index (κ2) is 7.83. The molecule has 0 spiro atoms. The van der Waals surface area contributed by atoms with Crippen LogP contribution >= 0.6 is 0 Å². The molecule has 2 aromatic carbocycles. The van der Waals surface area contributed by atoms with Crippen molar-refractivity contribution in [1.29, 1.82) is 0 Å². The molecule has 0 bridgehead atoms. The Balaban J connectivity index is 1.86. The number of carbonyl (C=O) groups is 1. The highest BCUT2D eigenvalue weighted by Gasteiger charge is 2.30. The molecule has 0 radical (unpaired) electrons. The van der Waals surface area contributed by atoms with Crippen LogP contribution in [0.5, 0.6) is 0 Å². The maximum Gasteiger partial charge on any atom is 0.246 e. The van der Waals surface area contributed by atoms with Crippen LogP contribution in [0.2, 0.25) is 0 Å². The van der Waals surface area contributed by atoms with Crippen molar-refractivity contribution in [2.45, 2.75) is 39.7 Å². The summed E-state index contributed by atoms with van der Waals surface area (Å²) in [6, 6.07) is 16.1. The lowest BCUT2D eigenvalue weighted by molar-refractivity contribution is -0.122. The Morgan fingerprint density at radius 3 is 2.44 bits per heavy atom. The van der Waals surface area contributed by atoms with Gasteiger partial charge in [0.2, 0.25) is 5.91 Å². The zero-order valence-corrected chi connectivity index (χ0v) is 15.5. The van der Waals surface area contributed by atoms with Crippen LogP contribution in [0.4, 0.5) is 5.69 Å². The molecule has 0 saturated carbocycles. The van der Waals surface area contributed by atoms with Gasteiger partial charge >= 0.3 is 0 Å². The normalized spacial score (nSPS) is 17.2. The minimum Gasteiger partial charge on any atom is -0.324 e. The van der Waals surface area contributed by atoms with Crippen molar-refractivity contribution in [3.05, 3.63) is 65.2 Å². The summed E-state index contributed by atoms with van der Waals surface area (Å²) >= 11 is 0. The minimum absolute atomic E-state index is 0.0643. The van der Waals surface area contributed by atoms with Crippen molar-refractivity contribution in [3.63, 3.8) is 0 Å². The van der Waals surface area contributed by atoms with Gasteiger partial charge in [0.05, 0.1) is 0 Å². The van der Waals surface area contributed by atoms with Crippen molar-refractivity contribution in [3.8, 4) is 0 Å². The number of anilines is 1. The topological polar surface area (TPSA) is 32.3 Å². The van der Waals surface area contributed by atoms with Gasteiger partial charge in [0.15, 0.2) is 0 Å². The number of nitrogens with zero attached hydrogens (tertiary/aromatic N) is 1. The summed E-state index contributed by atoms with van der Waals surface area (Å²) in [5.74, 6) is 0.809. The predicted molar refractivity (Wildman–Crippen MR) is 104 cm³/mol. The molecule has 1 heterocycles. The maximum atomic E-state index is 13.2. The lowest BCUT2D eigenvalue weighted by Gasteiger charge is -2.36. The van der Waals surface area contributed by atoms with Crippen LogP contribution < -0.4 is 5.32 Å². The van der Waals surface area contributed by atoms with Crippen LogP contribution in [-0.2, 0) is 4.79 Å². The molecule has 3 heteroatoms. The molecular weight excluding hydrogens is 308 g/mol. The largest absolute Gasteiger partial charge is 0.324 e. The summed E-state index contributed by atoms with van der Waals surface area (Å²) in [6.45, 7) is 8.33. The molecule has 3 nitrogen and oxygen atoms in total. The number of carbonyl (C=O) groups excluding carboxylic acids is 1. The third-order valence-electron chi connectivity index (χ3n) is 5.20. The van der Waals surface area contributed by atoms with Gasteiger partial charge in [-0.05, 0) is 68.5 Å². The van der Waals surface area contributed by atoms with Gasteiger partial charge in [0.1, 0.15) is 6.04 Å². The van der Waals surface area contributed by atoms with Gasteiger partial charge in [-0.25, -0.2) is 0 Å². The van der Waals surface area contributed by atoms with Crippen LogP contribution in [0.1, 0.15) is 42.5 Å². The molecule has 0 aromatic heterocycles. The molecule has 0 aliphatic carbocycles. The number of rotatable bonds is 4. The highest BCUT2D eigenvalue weighted by molar-refractivity contribution is 5.96. The number of hydrogen-bond acceptors (Lipinski definition) is 2. The first-order valence-corrected chi connectivity index (χ1v) is 9.21. The van der Waals surface area contributed by atoms with E-state index in [1.807, 2.05) is 31.2 Å². The molecule has 1 fully saturated rings. The average molecular weight is 336 g/mol. The van der Waals surface area contributed by atoms with Crippen molar-refractivity contribution < 1.29 is 4.79 Å². The highest BCUT2D eigenvalue weighted by atomic mass is 16.2. The number of benzene rings is 2. The van der Waals surface area contributed by atoms with E-state index in [-0.39, 0.29) is 11.9 Å². The third kappa shape index (κ3) is 4.29. The second-order valence-electron chi connectivity index (χ2n) is 7.34. The summed E-state index contributed by atoms with van der Waals surface area (Å²) in [5, 5.41) is 3.18. The van der Waals surface area contributed by atoms with Gasteiger partial charge in [-0.2, -0.15) is 0 Å². The summed E-state index contributed by atoms with van der Waals surface area (Å²) in [7, 11) is 0. The zero-order chi connectivity index (χ0) is 17.8. The predicted octanol–water partition coefficient (Wildman–Crippen LogP) is 4.72. The van der Waals surface area contributed by atoms with Gasteiger partial charge in [0, 0.05) is 5.69 Å². The summed E-state index contributed by atoms with van der Waals surface area (Å²) in [6.07, 6.45) is 2.31. The Kier molecular flexibility index (Phi) is 5.54. The van der Waals surface area contributed by atoms with Crippen LogP contribution in [0.3, 0.4) is 0 Å². The van der Waals surface area contributed by atoms with E-state index in [4.69, 9.17) is 0 Å². The van der Waals surface area contributed by atoms with Gasteiger partial charge in [-0.15, -0.1) is 0 Å². The SMILES string of the molecule is Cc1ccc(C)c(NC(=O)[C@H](c2ccccc2)N2CCC(C)CC2)c1. The van der Waals surface area contributed by atoms with E-state index in [0.717, 1.165) is 54.2 Å². The molecule has 132 valence electrons. The summed E-state index contributed by atoms with van der Waals surface area (Å²) < 4.78 is 0. The Morgan fingerprint density at radius 2 is 1.76 bits per heavy atom. The summed E-state index contributed by atoms with van der Waals surface area (Å²) in [4.78, 5) is 15.5. The maximum absolute atomic E-state index is 13.2. The van der Waals surface area contributed by atoms with Crippen LogP contribution in [0, 0.1) is 19.8 Å². The standard InChI is InChI=1S/C22H28N2O/c1-16-11-13-24(14-12-16)21(19-7-5-4-6-8-19)22(25)23-20-15-17(2)9-10-18(20)3/h4-10,15-16,21H,11-14H2,1-3H3,(H,23,25)/t21-/m0/s1. The van der Waals surface area contributed by atoms with E-state index < -0.39 is 0 Å². The zero-order valence-electron chi connectivity index (χ0n) is 15.5. The van der Waals surface area contributed by atoms with E-state index in [0.29, 0.717) is 0 Å². The number of amides is 1. The molecule has 2 aromatic rings. The fraction of sp³-hybridized carbons (Fsp3) is 0.409. The molecule has 0 unspecified atom stereocenters.